The summed E-state index contributed by atoms with van der Waals surface area (Å²) in [7, 11) is 0. The van der Waals surface area contributed by atoms with E-state index in [1.807, 2.05) is 6.92 Å². The predicted octanol–water partition coefficient (Wildman–Crippen LogP) is 6.44. The number of hydrogen-bond donors (Lipinski definition) is 1. The third-order valence-electron chi connectivity index (χ3n) is 5.12. The lowest BCUT2D eigenvalue weighted by Gasteiger charge is -2.33. The van der Waals surface area contributed by atoms with Crippen molar-refractivity contribution in [2.45, 2.75) is 19.8 Å². The summed E-state index contributed by atoms with van der Waals surface area (Å²) in [4.78, 5) is 7.19. The Morgan fingerprint density at radius 1 is 1.15 bits per heavy atom. The van der Waals surface area contributed by atoms with E-state index < -0.39 is 0 Å². The van der Waals surface area contributed by atoms with E-state index in [0.717, 1.165) is 53.0 Å². The van der Waals surface area contributed by atoms with E-state index >= 15 is 0 Å². The third kappa shape index (κ3) is 3.66. The Morgan fingerprint density at radius 2 is 1.81 bits per heavy atom. The van der Waals surface area contributed by atoms with Gasteiger partial charge in [-0.05, 0) is 43.9 Å². The molecule has 1 saturated heterocycles. The lowest BCUT2D eigenvalue weighted by Crippen LogP contribution is -2.34. The van der Waals surface area contributed by atoms with Crippen LogP contribution in [-0.4, -0.2) is 29.8 Å². The molecule has 0 radical (unpaired) electrons. The van der Waals surface area contributed by atoms with Gasteiger partial charge in [0.1, 0.15) is 0 Å². The molecule has 3 aromatic rings. The first-order chi connectivity index (χ1) is 13.0. The molecule has 2 aromatic heterocycles. The molecule has 0 bridgehead atoms. The van der Waals surface area contributed by atoms with Crippen LogP contribution in [0, 0.1) is 12.8 Å². The number of anilines is 1. The summed E-state index contributed by atoms with van der Waals surface area (Å²) >= 11 is 20.7. The highest BCUT2D eigenvalue weighted by Crippen LogP contribution is 2.44. The number of benzene rings is 1. The average Bonchev–Trinajstić information content (AvgIpc) is 3.04. The number of fused-ring (bicyclic) bond motifs is 1. The van der Waals surface area contributed by atoms with Crippen LogP contribution < -0.4 is 4.90 Å². The van der Waals surface area contributed by atoms with Gasteiger partial charge in [-0.1, -0.05) is 34.8 Å². The summed E-state index contributed by atoms with van der Waals surface area (Å²) in [6.07, 6.45) is 2.01. The monoisotopic (exact) mass is 440 g/mol. The van der Waals surface area contributed by atoms with E-state index in [4.69, 9.17) is 39.8 Å². The molecule has 1 aromatic carbocycles. The maximum atomic E-state index is 9.40. The minimum absolute atomic E-state index is 0.273. The lowest BCUT2D eigenvalue weighted by atomic mass is 9.97. The summed E-state index contributed by atoms with van der Waals surface area (Å²) in [5, 5.41) is 13.1. The number of aliphatic hydroxyl groups is 1. The highest BCUT2D eigenvalue weighted by atomic mass is 35.5. The summed E-state index contributed by atoms with van der Waals surface area (Å²) in [6.45, 7) is 4.17. The Morgan fingerprint density at radius 3 is 2.44 bits per heavy atom. The zero-order chi connectivity index (χ0) is 19.1. The van der Waals surface area contributed by atoms with Crippen molar-refractivity contribution in [3.8, 4) is 11.1 Å². The van der Waals surface area contributed by atoms with Crippen molar-refractivity contribution in [1.29, 1.82) is 0 Å². The SMILES string of the molecule is Cc1cc(N2CCC(CO)CC2)c2scc(-c3c(Cl)cc(Cl)cc3Cl)c2n1. The maximum Gasteiger partial charge on any atom is 0.0913 e. The number of thiophene rings is 1. The molecule has 0 saturated carbocycles. The molecule has 1 N–H and O–H groups in total. The number of hydrogen-bond acceptors (Lipinski definition) is 4. The van der Waals surface area contributed by atoms with E-state index in [9.17, 15) is 5.11 Å². The molecule has 3 nitrogen and oxygen atoms in total. The molecule has 0 atom stereocenters. The van der Waals surface area contributed by atoms with Crippen molar-refractivity contribution in [2.75, 3.05) is 24.6 Å². The number of aryl methyl sites for hydroxylation is 1. The molecule has 3 heterocycles. The topological polar surface area (TPSA) is 36.4 Å². The Kier molecular flexibility index (Phi) is 5.55. The van der Waals surface area contributed by atoms with Crippen LogP contribution in [-0.2, 0) is 0 Å². The highest BCUT2D eigenvalue weighted by Gasteiger charge is 2.23. The van der Waals surface area contributed by atoms with E-state index in [0.29, 0.717) is 21.0 Å². The number of aliphatic hydroxyl groups excluding tert-OH is 1. The maximum absolute atomic E-state index is 9.40. The van der Waals surface area contributed by atoms with Crippen molar-refractivity contribution in [3.63, 3.8) is 0 Å². The van der Waals surface area contributed by atoms with E-state index in [2.05, 4.69) is 16.3 Å². The van der Waals surface area contributed by atoms with Gasteiger partial charge in [-0.3, -0.25) is 4.98 Å². The quantitative estimate of drug-likeness (QED) is 0.508. The Hall–Kier alpha value is -1.04. The molecular weight excluding hydrogens is 423 g/mol. The average molecular weight is 442 g/mol. The fourth-order valence-corrected chi connectivity index (χ4v) is 5.75. The second-order valence-electron chi connectivity index (χ2n) is 6.97. The number of rotatable bonds is 3. The summed E-state index contributed by atoms with van der Waals surface area (Å²) < 4.78 is 1.14. The van der Waals surface area contributed by atoms with Crippen LogP contribution in [0.25, 0.3) is 21.3 Å². The number of nitrogens with zero attached hydrogens (tertiary/aromatic N) is 2. The lowest BCUT2D eigenvalue weighted by molar-refractivity contribution is 0.203. The van der Waals surface area contributed by atoms with Crippen LogP contribution in [0.3, 0.4) is 0 Å². The first kappa shape index (κ1) is 19.3. The molecular formula is C20H19Cl3N2OS. The molecule has 27 heavy (non-hydrogen) atoms. The van der Waals surface area contributed by atoms with Gasteiger partial charge in [-0.25, -0.2) is 0 Å². The number of halogens is 3. The number of aromatic nitrogens is 1. The summed E-state index contributed by atoms with van der Waals surface area (Å²) in [6, 6.07) is 5.57. The highest BCUT2D eigenvalue weighted by molar-refractivity contribution is 7.18. The Bertz CT molecular complexity index is 973. The standard InChI is InChI=1S/C20H19Cl3N2OS/c1-11-6-17(25-4-2-12(9-26)3-5-25)20-19(24-11)14(10-27-20)18-15(22)7-13(21)8-16(18)23/h6-8,10,12,26H,2-5,9H2,1H3. The molecule has 1 aliphatic rings. The smallest absolute Gasteiger partial charge is 0.0913 e. The van der Waals surface area contributed by atoms with E-state index in [-0.39, 0.29) is 6.61 Å². The van der Waals surface area contributed by atoms with Crippen LogP contribution in [0.15, 0.2) is 23.6 Å². The molecule has 1 fully saturated rings. The van der Waals surface area contributed by atoms with Gasteiger partial charge in [-0.15, -0.1) is 11.3 Å². The molecule has 142 valence electrons. The fraction of sp³-hybridized carbons (Fsp3) is 0.350. The molecule has 1 aliphatic heterocycles. The minimum atomic E-state index is 0.273. The van der Waals surface area contributed by atoms with Crippen molar-refractivity contribution < 1.29 is 5.11 Å². The molecule has 0 aliphatic carbocycles. The van der Waals surface area contributed by atoms with Gasteiger partial charge in [0.2, 0.25) is 0 Å². The second kappa shape index (κ2) is 7.76. The first-order valence-corrected chi connectivity index (χ1v) is 10.9. The molecule has 7 heteroatoms. The van der Waals surface area contributed by atoms with E-state index in [1.165, 1.54) is 5.69 Å². The Balaban J connectivity index is 1.82. The van der Waals surface area contributed by atoms with Crippen LogP contribution in [0.2, 0.25) is 15.1 Å². The number of piperidine rings is 1. The largest absolute Gasteiger partial charge is 0.396 e. The van der Waals surface area contributed by atoms with Crippen molar-refractivity contribution in [3.05, 3.63) is 44.3 Å². The molecule has 4 rings (SSSR count). The van der Waals surface area contributed by atoms with Crippen molar-refractivity contribution in [2.24, 2.45) is 5.92 Å². The Labute approximate surface area is 177 Å². The van der Waals surface area contributed by atoms with Crippen LogP contribution in [0.4, 0.5) is 5.69 Å². The van der Waals surface area contributed by atoms with Crippen molar-refractivity contribution >= 4 is 62.0 Å². The molecule has 0 unspecified atom stereocenters. The zero-order valence-electron chi connectivity index (χ0n) is 14.8. The van der Waals surface area contributed by atoms with E-state index in [1.54, 1.807) is 23.5 Å². The zero-order valence-corrected chi connectivity index (χ0v) is 17.9. The van der Waals surface area contributed by atoms with Gasteiger partial charge in [0, 0.05) is 46.9 Å². The second-order valence-corrected chi connectivity index (χ2v) is 9.10. The van der Waals surface area contributed by atoms with Gasteiger partial charge in [0.25, 0.3) is 0 Å². The van der Waals surface area contributed by atoms with Gasteiger partial charge in [0.05, 0.1) is 25.9 Å². The van der Waals surface area contributed by atoms with Crippen LogP contribution in [0.5, 0.6) is 0 Å². The summed E-state index contributed by atoms with van der Waals surface area (Å²) in [5.74, 6) is 0.408. The molecule has 0 spiro atoms. The van der Waals surface area contributed by atoms with Gasteiger partial charge in [0.15, 0.2) is 0 Å². The third-order valence-corrected chi connectivity index (χ3v) is 6.93. The first-order valence-electron chi connectivity index (χ1n) is 8.87. The van der Waals surface area contributed by atoms with Gasteiger partial charge >= 0.3 is 0 Å². The van der Waals surface area contributed by atoms with Gasteiger partial charge in [-0.2, -0.15) is 0 Å². The molecule has 0 amide bonds. The summed E-state index contributed by atoms with van der Waals surface area (Å²) in [5.41, 5.74) is 4.80. The normalized spacial score (nSPS) is 15.7. The van der Waals surface area contributed by atoms with Gasteiger partial charge < -0.3 is 10.0 Å². The van der Waals surface area contributed by atoms with Crippen LogP contribution in [0.1, 0.15) is 18.5 Å². The fourth-order valence-electron chi connectivity index (χ4n) is 3.68. The number of pyridine rings is 1. The van der Waals surface area contributed by atoms with Crippen molar-refractivity contribution in [1.82, 2.24) is 4.98 Å². The minimum Gasteiger partial charge on any atom is -0.396 e. The predicted molar refractivity (Wildman–Crippen MR) is 117 cm³/mol. The van der Waals surface area contributed by atoms with Crippen LogP contribution >= 0.6 is 46.1 Å².